The van der Waals surface area contributed by atoms with Crippen LogP contribution in [-0.4, -0.2) is 72.9 Å². The molecule has 0 saturated carbocycles. The van der Waals surface area contributed by atoms with Crippen molar-refractivity contribution < 1.29 is 28.9 Å². The summed E-state index contributed by atoms with van der Waals surface area (Å²) in [6.45, 7) is 6.69. The second-order valence-corrected chi connectivity index (χ2v) is 8.51. The number of aliphatic hydroxyl groups is 1. The second kappa shape index (κ2) is 10.3. The Hall–Kier alpha value is -3.95. The zero-order valence-corrected chi connectivity index (χ0v) is 20.0. The van der Waals surface area contributed by atoms with Gasteiger partial charge >= 0.3 is 11.9 Å². The molecule has 0 atom stereocenters. The van der Waals surface area contributed by atoms with Crippen molar-refractivity contribution in [1.29, 1.82) is 0 Å². The molecule has 0 spiro atoms. The molecular formula is C27H27N3O6. The SMILES string of the molecule is CCN1CCN(c2nc(/C=C/c3cccc(OCCO)c3)c3c4c(cccc24)OC(=O)C(=O)O3)CC1. The number of ether oxygens (including phenoxy) is 3. The number of carbonyl (C=O) groups excluding carboxylic acids is 2. The van der Waals surface area contributed by atoms with E-state index in [2.05, 4.69) is 16.7 Å². The summed E-state index contributed by atoms with van der Waals surface area (Å²) in [6.07, 6.45) is 3.59. The van der Waals surface area contributed by atoms with Gasteiger partial charge in [0.25, 0.3) is 0 Å². The van der Waals surface area contributed by atoms with Gasteiger partial charge in [-0.15, -0.1) is 0 Å². The number of aromatic nitrogens is 1. The van der Waals surface area contributed by atoms with Crippen molar-refractivity contribution in [2.75, 3.05) is 50.8 Å². The lowest BCUT2D eigenvalue weighted by molar-refractivity contribution is -0.155. The molecule has 0 aliphatic carbocycles. The smallest absolute Gasteiger partial charge is 0.423 e. The van der Waals surface area contributed by atoms with Crippen molar-refractivity contribution in [1.82, 2.24) is 9.88 Å². The van der Waals surface area contributed by atoms with E-state index in [-0.39, 0.29) is 24.7 Å². The van der Waals surface area contributed by atoms with E-state index in [0.29, 0.717) is 16.8 Å². The van der Waals surface area contributed by atoms with E-state index in [0.717, 1.165) is 49.5 Å². The normalized spacial score (nSPS) is 16.2. The van der Waals surface area contributed by atoms with Gasteiger partial charge in [-0.25, -0.2) is 14.6 Å². The summed E-state index contributed by atoms with van der Waals surface area (Å²) >= 11 is 0. The summed E-state index contributed by atoms with van der Waals surface area (Å²) in [7, 11) is 0. The van der Waals surface area contributed by atoms with Crippen LogP contribution in [0.3, 0.4) is 0 Å². The molecule has 186 valence electrons. The molecule has 0 amide bonds. The summed E-state index contributed by atoms with van der Waals surface area (Å²) in [5.41, 5.74) is 1.24. The van der Waals surface area contributed by atoms with Gasteiger partial charge in [0, 0.05) is 31.6 Å². The molecule has 9 heteroatoms. The number of esters is 2. The van der Waals surface area contributed by atoms with E-state index in [1.54, 1.807) is 24.3 Å². The summed E-state index contributed by atoms with van der Waals surface area (Å²) in [6, 6.07) is 12.7. The molecule has 1 aromatic heterocycles. The Morgan fingerprint density at radius 3 is 2.58 bits per heavy atom. The molecule has 3 aromatic rings. The first-order valence-electron chi connectivity index (χ1n) is 12.0. The lowest BCUT2D eigenvalue weighted by Crippen LogP contribution is -2.46. The topological polar surface area (TPSA) is 101 Å². The number of aliphatic hydroxyl groups excluding tert-OH is 1. The quantitative estimate of drug-likeness (QED) is 0.305. The maximum Gasteiger partial charge on any atom is 0.423 e. The minimum atomic E-state index is -1.09. The third-order valence-electron chi connectivity index (χ3n) is 6.29. The first-order valence-corrected chi connectivity index (χ1v) is 12.0. The van der Waals surface area contributed by atoms with Crippen LogP contribution in [0.2, 0.25) is 0 Å². The fraction of sp³-hybridized carbons (Fsp3) is 0.296. The highest BCUT2D eigenvalue weighted by Crippen LogP contribution is 2.42. The third kappa shape index (κ3) is 4.75. The molecule has 36 heavy (non-hydrogen) atoms. The number of piperazine rings is 1. The van der Waals surface area contributed by atoms with Crippen molar-refractivity contribution in [3.05, 3.63) is 53.7 Å². The Balaban J connectivity index is 1.61. The van der Waals surface area contributed by atoms with Gasteiger partial charge in [0.05, 0.1) is 12.0 Å². The van der Waals surface area contributed by atoms with E-state index < -0.39 is 11.9 Å². The van der Waals surface area contributed by atoms with Gasteiger partial charge in [0.15, 0.2) is 5.75 Å². The molecule has 0 radical (unpaired) electrons. The van der Waals surface area contributed by atoms with Crippen molar-refractivity contribution in [3.63, 3.8) is 0 Å². The summed E-state index contributed by atoms with van der Waals surface area (Å²) in [5, 5.41) is 10.3. The van der Waals surface area contributed by atoms with E-state index in [4.69, 9.17) is 24.3 Å². The minimum Gasteiger partial charge on any atom is -0.491 e. The number of rotatable bonds is 7. The molecule has 9 nitrogen and oxygen atoms in total. The molecule has 0 bridgehead atoms. The Morgan fingerprint density at radius 2 is 1.81 bits per heavy atom. The molecule has 5 rings (SSSR count). The van der Waals surface area contributed by atoms with E-state index in [1.165, 1.54) is 0 Å². The molecule has 2 aromatic carbocycles. The lowest BCUT2D eigenvalue weighted by Gasteiger charge is -2.35. The number of hydrogen-bond acceptors (Lipinski definition) is 9. The van der Waals surface area contributed by atoms with Crippen LogP contribution in [0.25, 0.3) is 22.9 Å². The van der Waals surface area contributed by atoms with Crippen LogP contribution in [0, 0.1) is 0 Å². The van der Waals surface area contributed by atoms with Crippen LogP contribution >= 0.6 is 0 Å². The molecule has 2 aliphatic rings. The Labute approximate surface area is 208 Å². The third-order valence-corrected chi connectivity index (χ3v) is 6.29. The number of likely N-dealkylation sites (N-methyl/N-ethyl adjacent to an activating group) is 1. The second-order valence-electron chi connectivity index (χ2n) is 8.51. The van der Waals surface area contributed by atoms with Gasteiger partial charge in [0.2, 0.25) is 0 Å². The van der Waals surface area contributed by atoms with E-state index in [1.807, 2.05) is 30.3 Å². The predicted octanol–water partition coefficient (Wildman–Crippen LogP) is 2.74. The van der Waals surface area contributed by atoms with E-state index >= 15 is 0 Å². The maximum atomic E-state index is 12.3. The molecule has 1 fully saturated rings. The maximum absolute atomic E-state index is 12.3. The number of carbonyl (C=O) groups is 2. The summed E-state index contributed by atoms with van der Waals surface area (Å²) in [4.78, 5) is 34.1. The number of nitrogens with zero attached hydrogens (tertiary/aromatic N) is 3. The average Bonchev–Trinajstić information content (AvgIpc) is 3.04. The zero-order chi connectivity index (χ0) is 25.1. The first-order chi connectivity index (χ1) is 17.6. The number of benzene rings is 2. The van der Waals surface area contributed by atoms with Gasteiger partial charge in [-0.2, -0.15) is 0 Å². The first kappa shape index (κ1) is 23.8. The van der Waals surface area contributed by atoms with Gasteiger partial charge < -0.3 is 29.1 Å². The highest BCUT2D eigenvalue weighted by molar-refractivity contribution is 6.32. The Bertz CT molecular complexity index is 1330. The lowest BCUT2D eigenvalue weighted by atomic mass is 10.1. The zero-order valence-electron chi connectivity index (χ0n) is 20.0. The van der Waals surface area contributed by atoms with Gasteiger partial charge in [-0.3, -0.25) is 0 Å². The predicted molar refractivity (Wildman–Crippen MR) is 135 cm³/mol. The van der Waals surface area contributed by atoms with Crippen LogP contribution in [0.1, 0.15) is 18.2 Å². The molecule has 1 saturated heterocycles. The van der Waals surface area contributed by atoms with Gasteiger partial charge in [0.1, 0.15) is 29.6 Å². The van der Waals surface area contributed by atoms with Gasteiger partial charge in [-0.05, 0) is 36.4 Å². The van der Waals surface area contributed by atoms with Crippen molar-refractivity contribution in [2.45, 2.75) is 6.92 Å². The number of anilines is 1. The highest BCUT2D eigenvalue weighted by atomic mass is 16.6. The standard InChI is InChI=1S/C27H27N3O6/c1-2-29-11-13-30(14-12-29)25-20-7-4-8-22-23(20)24(36-27(33)26(32)35-22)21(28-25)10-9-18-5-3-6-19(17-18)34-16-15-31/h3-10,17,31H,2,11-16H2,1H3/b10-9+. The molecule has 3 heterocycles. The van der Waals surface area contributed by atoms with E-state index in [9.17, 15) is 9.59 Å². The van der Waals surface area contributed by atoms with Crippen molar-refractivity contribution in [2.24, 2.45) is 0 Å². The molecule has 1 N–H and O–H groups in total. The molecule has 2 aliphatic heterocycles. The molecule has 0 unspecified atom stereocenters. The van der Waals surface area contributed by atoms with Crippen LogP contribution in [-0.2, 0) is 9.59 Å². The van der Waals surface area contributed by atoms with Crippen molar-refractivity contribution in [3.8, 4) is 17.2 Å². The van der Waals surface area contributed by atoms with Crippen LogP contribution < -0.4 is 19.1 Å². The van der Waals surface area contributed by atoms with Crippen LogP contribution in [0.5, 0.6) is 17.2 Å². The Kier molecular flexibility index (Phi) is 6.84. The minimum absolute atomic E-state index is 0.0752. The average molecular weight is 490 g/mol. The molecular weight excluding hydrogens is 462 g/mol. The fourth-order valence-corrected chi connectivity index (χ4v) is 4.45. The summed E-state index contributed by atoms with van der Waals surface area (Å²) in [5.74, 6) is -0.328. The summed E-state index contributed by atoms with van der Waals surface area (Å²) < 4.78 is 16.4. The Morgan fingerprint density at radius 1 is 1.03 bits per heavy atom. The fourth-order valence-electron chi connectivity index (χ4n) is 4.45. The van der Waals surface area contributed by atoms with Gasteiger partial charge in [-0.1, -0.05) is 37.3 Å². The van der Waals surface area contributed by atoms with Crippen molar-refractivity contribution >= 4 is 40.7 Å². The number of hydrogen-bond donors (Lipinski definition) is 1. The largest absolute Gasteiger partial charge is 0.491 e. The number of pyridine rings is 1. The highest BCUT2D eigenvalue weighted by Gasteiger charge is 2.31. The van der Waals surface area contributed by atoms with Crippen LogP contribution in [0.4, 0.5) is 5.82 Å². The van der Waals surface area contributed by atoms with Crippen LogP contribution in [0.15, 0.2) is 42.5 Å². The monoisotopic (exact) mass is 489 g/mol.